The highest BCUT2D eigenvalue weighted by Gasteiger charge is 2.19. The third kappa shape index (κ3) is 4.64. The van der Waals surface area contributed by atoms with Gasteiger partial charge in [-0.2, -0.15) is 0 Å². The van der Waals surface area contributed by atoms with E-state index in [1.165, 1.54) is 0 Å². The number of aromatic nitrogens is 2. The monoisotopic (exact) mass is 717 g/mol. The number of fused-ring (bicyclic) bond motifs is 11. The highest BCUT2D eigenvalue weighted by molar-refractivity contribution is 6.17. The van der Waals surface area contributed by atoms with Crippen LogP contribution in [0.5, 0.6) is 0 Å². The minimum atomic E-state index is 0.899. The molecule has 0 atom stereocenters. The van der Waals surface area contributed by atoms with E-state index in [1.54, 1.807) is 0 Å². The van der Waals surface area contributed by atoms with Gasteiger partial charge in [-0.25, -0.2) is 4.98 Å². The Hall–Kier alpha value is -7.63. The predicted octanol–water partition coefficient (Wildman–Crippen LogP) is 14.3. The van der Waals surface area contributed by atoms with Gasteiger partial charge in [-0.05, 0) is 120 Å². The summed E-state index contributed by atoms with van der Waals surface area (Å²) in [5, 5.41) is 8.90. The number of nitrogens with zero attached hydrogens (tertiary/aromatic N) is 3. The van der Waals surface area contributed by atoms with E-state index in [9.17, 15) is 0 Å². The molecule has 0 amide bonds. The van der Waals surface area contributed by atoms with Crippen LogP contribution in [0.15, 0.2) is 197 Å². The minimum absolute atomic E-state index is 0.899. The average molecular weight is 718 g/mol. The molecule has 3 heterocycles. The highest BCUT2D eigenvalue weighted by atomic mass is 16.3. The number of hydrogen-bond donors (Lipinski definition) is 0. The summed E-state index contributed by atoms with van der Waals surface area (Å²) < 4.78 is 15.1. The minimum Gasteiger partial charge on any atom is -0.455 e. The van der Waals surface area contributed by atoms with Crippen LogP contribution < -0.4 is 4.90 Å². The fraction of sp³-hybridized carbons (Fsp3) is 0. The number of para-hydroxylation sites is 5. The molecule has 0 radical (unpaired) electrons. The van der Waals surface area contributed by atoms with E-state index < -0.39 is 0 Å². The molecule has 3 aromatic heterocycles. The van der Waals surface area contributed by atoms with Crippen molar-refractivity contribution in [3.63, 3.8) is 0 Å². The normalized spacial score (nSPS) is 11.9. The number of anilines is 3. The van der Waals surface area contributed by atoms with Crippen LogP contribution in [0.4, 0.5) is 17.1 Å². The Morgan fingerprint density at radius 1 is 0.411 bits per heavy atom. The van der Waals surface area contributed by atoms with Crippen molar-refractivity contribution in [2.75, 3.05) is 4.90 Å². The summed E-state index contributed by atoms with van der Waals surface area (Å²) in [6, 6.07) is 66.1. The molecule has 0 aliphatic rings. The summed E-state index contributed by atoms with van der Waals surface area (Å²) in [6.07, 6.45) is 0. The summed E-state index contributed by atoms with van der Waals surface area (Å²) in [4.78, 5) is 7.46. The predicted molar refractivity (Wildman–Crippen MR) is 231 cm³/mol. The number of furan rings is 2. The van der Waals surface area contributed by atoms with Crippen molar-refractivity contribution < 1.29 is 8.83 Å². The van der Waals surface area contributed by atoms with E-state index in [4.69, 9.17) is 13.8 Å². The molecule has 0 fully saturated rings. The van der Waals surface area contributed by atoms with Crippen LogP contribution in [0.3, 0.4) is 0 Å². The van der Waals surface area contributed by atoms with E-state index in [1.807, 2.05) is 36.4 Å². The largest absolute Gasteiger partial charge is 0.455 e. The maximum Gasteiger partial charge on any atom is 0.145 e. The van der Waals surface area contributed by atoms with Crippen LogP contribution in [0.25, 0.3) is 93.5 Å². The van der Waals surface area contributed by atoms with Gasteiger partial charge in [0.05, 0.1) is 11.0 Å². The van der Waals surface area contributed by atoms with Crippen LogP contribution in [0.2, 0.25) is 0 Å². The Morgan fingerprint density at radius 3 is 1.55 bits per heavy atom. The van der Waals surface area contributed by atoms with Crippen LogP contribution >= 0.6 is 0 Å². The summed E-state index contributed by atoms with van der Waals surface area (Å²) >= 11 is 0. The lowest BCUT2D eigenvalue weighted by Crippen LogP contribution is -2.10. The Labute approximate surface area is 320 Å². The number of rotatable bonds is 5. The zero-order valence-corrected chi connectivity index (χ0v) is 30.1. The van der Waals surface area contributed by atoms with Gasteiger partial charge in [0.15, 0.2) is 0 Å². The molecule has 0 saturated carbocycles. The molecule has 0 spiro atoms. The molecular weight excluding hydrogens is 687 g/mol. The van der Waals surface area contributed by atoms with E-state index in [0.29, 0.717) is 0 Å². The quantitative estimate of drug-likeness (QED) is 0.178. The maximum atomic E-state index is 6.43. The topological polar surface area (TPSA) is 47.3 Å². The SMILES string of the molecule is c1ccc(-n2c(-c3ccc(N(c4ccc5c(ccc6c7ccccc7oc56)c4)c4ccc5c(ccc6c7ccccc7oc56)c4)cc3)nc3ccccc32)cc1. The van der Waals surface area contributed by atoms with Gasteiger partial charge in [0.1, 0.15) is 28.2 Å². The summed E-state index contributed by atoms with van der Waals surface area (Å²) in [6.45, 7) is 0. The van der Waals surface area contributed by atoms with Crippen molar-refractivity contribution in [2.24, 2.45) is 0 Å². The Bertz CT molecular complexity index is 3330. The smallest absolute Gasteiger partial charge is 0.145 e. The molecule has 0 saturated heterocycles. The van der Waals surface area contributed by atoms with Crippen LogP contribution in [0, 0.1) is 0 Å². The van der Waals surface area contributed by atoms with Gasteiger partial charge in [0.2, 0.25) is 0 Å². The maximum absolute atomic E-state index is 6.43. The van der Waals surface area contributed by atoms with Gasteiger partial charge in [0.25, 0.3) is 0 Å². The molecule has 0 aliphatic heterocycles. The van der Waals surface area contributed by atoms with Gasteiger partial charge in [-0.3, -0.25) is 4.57 Å². The van der Waals surface area contributed by atoms with Crippen molar-refractivity contribution in [1.82, 2.24) is 9.55 Å². The summed E-state index contributed by atoms with van der Waals surface area (Å²) in [5.41, 5.74) is 10.9. The zero-order chi connectivity index (χ0) is 36.7. The molecule has 0 N–H and O–H groups in total. The van der Waals surface area contributed by atoms with Gasteiger partial charge in [0, 0.05) is 60.6 Å². The van der Waals surface area contributed by atoms with Crippen molar-refractivity contribution >= 4 is 93.5 Å². The molecule has 12 rings (SSSR count). The summed E-state index contributed by atoms with van der Waals surface area (Å²) in [5.74, 6) is 0.900. The molecule has 0 aliphatic carbocycles. The van der Waals surface area contributed by atoms with E-state index in [-0.39, 0.29) is 0 Å². The first-order valence-corrected chi connectivity index (χ1v) is 18.9. The third-order valence-corrected chi connectivity index (χ3v) is 11.2. The van der Waals surface area contributed by atoms with Crippen molar-refractivity contribution in [1.29, 1.82) is 0 Å². The second-order valence-corrected chi connectivity index (χ2v) is 14.4. The van der Waals surface area contributed by atoms with E-state index in [0.717, 1.165) is 111 Å². The number of benzene rings is 9. The molecular formula is C51H31N3O2. The summed E-state index contributed by atoms with van der Waals surface area (Å²) in [7, 11) is 0. The molecule has 5 heteroatoms. The zero-order valence-electron chi connectivity index (χ0n) is 30.1. The Balaban J connectivity index is 1.03. The molecule has 56 heavy (non-hydrogen) atoms. The lowest BCUT2D eigenvalue weighted by atomic mass is 10.0. The van der Waals surface area contributed by atoms with Gasteiger partial charge in [-0.1, -0.05) is 78.9 Å². The second-order valence-electron chi connectivity index (χ2n) is 14.4. The Kier molecular flexibility index (Phi) is 6.56. The molecule has 5 nitrogen and oxygen atoms in total. The average Bonchev–Trinajstić information content (AvgIpc) is 3.96. The standard InChI is InChI=1S/C51H31N3O2/c1-2-10-35(11-3-1)54-46-15-7-6-14-45(46)52-51(54)32-18-22-36(23-19-32)53(37-24-28-39-33(30-37)20-26-43-41-12-4-8-16-47(41)55-49(39)43)38-25-29-40-34(31-38)21-27-44-42-13-5-9-17-48(42)56-50(40)44/h1-31H. The number of imidazole rings is 1. The lowest BCUT2D eigenvalue weighted by Gasteiger charge is -2.26. The molecule has 262 valence electrons. The molecule has 0 bridgehead atoms. The van der Waals surface area contributed by atoms with Crippen LogP contribution in [-0.4, -0.2) is 9.55 Å². The van der Waals surface area contributed by atoms with Crippen molar-refractivity contribution in [3.8, 4) is 17.1 Å². The molecule has 0 unspecified atom stereocenters. The van der Waals surface area contributed by atoms with Crippen LogP contribution in [0.1, 0.15) is 0 Å². The highest BCUT2D eigenvalue weighted by Crippen LogP contribution is 2.42. The van der Waals surface area contributed by atoms with E-state index in [2.05, 4.69) is 161 Å². The van der Waals surface area contributed by atoms with E-state index >= 15 is 0 Å². The molecule has 12 aromatic rings. The van der Waals surface area contributed by atoms with Gasteiger partial charge in [-0.15, -0.1) is 0 Å². The first-order valence-electron chi connectivity index (χ1n) is 18.9. The first-order chi connectivity index (χ1) is 27.7. The van der Waals surface area contributed by atoms with Crippen LogP contribution in [-0.2, 0) is 0 Å². The van der Waals surface area contributed by atoms with Gasteiger partial charge >= 0.3 is 0 Å². The third-order valence-electron chi connectivity index (χ3n) is 11.2. The second kappa shape index (κ2) is 11.9. The lowest BCUT2D eigenvalue weighted by molar-refractivity contribution is 0.672. The van der Waals surface area contributed by atoms with Gasteiger partial charge < -0.3 is 13.7 Å². The Morgan fingerprint density at radius 2 is 0.929 bits per heavy atom. The van der Waals surface area contributed by atoms with Crippen molar-refractivity contribution in [2.45, 2.75) is 0 Å². The van der Waals surface area contributed by atoms with Crippen molar-refractivity contribution in [3.05, 3.63) is 188 Å². The fourth-order valence-corrected chi connectivity index (χ4v) is 8.54. The number of hydrogen-bond acceptors (Lipinski definition) is 4. The molecule has 9 aromatic carbocycles. The first kappa shape index (κ1) is 30.8. The fourth-order valence-electron chi connectivity index (χ4n) is 8.54.